The van der Waals surface area contributed by atoms with Crippen LogP contribution in [0.25, 0.3) is 0 Å². The van der Waals surface area contributed by atoms with Crippen molar-refractivity contribution in [3.8, 4) is 5.75 Å². The molecule has 1 rings (SSSR count). The molecule has 1 aromatic rings. The quantitative estimate of drug-likeness (QED) is 0.554. The fourth-order valence-electron chi connectivity index (χ4n) is 2.65. The third kappa shape index (κ3) is 6.65. The monoisotopic (exact) mass is 292 g/mol. The summed E-state index contributed by atoms with van der Waals surface area (Å²) in [5.74, 6) is -0.855. The minimum Gasteiger partial charge on any atom is -0.508 e. The molecule has 0 aliphatic heterocycles. The van der Waals surface area contributed by atoms with Crippen LogP contribution in [0.4, 0.5) is 0 Å². The van der Waals surface area contributed by atoms with Gasteiger partial charge in [0, 0.05) is 5.56 Å². The fourth-order valence-corrected chi connectivity index (χ4v) is 2.65. The Morgan fingerprint density at radius 3 is 2.10 bits per heavy atom. The molecule has 1 aromatic carbocycles. The molecule has 0 amide bonds. The lowest BCUT2D eigenvalue weighted by atomic mass is 9.99. The molecule has 0 aliphatic rings. The van der Waals surface area contributed by atoms with E-state index in [0.717, 1.165) is 12.8 Å². The topological polar surface area (TPSA) is 57.5 Å². The average Bonchev–Trinajstić information content (AvgIpc) is 2.46. The number of hydrogen-bond acceptors (Lipinski definition) is 2. The summed E-state index contributed by atoms with van der Waals surface area (Å²) in [6.45, 7) is 2.23. The lowest BCUT2D eigenvalue weighted by Crippen LogP contribution is -2.02. The van der Waals surface area contributed by atoms with E-state index in [1.165, 1.54) is 44.9 Å². The number of phenols is 1. The zero-order chi connectivity index (χ0) is 15.5. The first-order chi connectivity index (χ1) is 10.2. The first-order valence-electron chi connectivity index (χ1n) is 8.21. The zero-order valence-corrected chi connectivity index (χ0v) is 13.1. The smallest absolute Gasteiger partial charge is 0.336 e. The van der Waals surface area contributed by atoms with Gasteiger partial charge >= 0.3 is 5.97 Å². The van der Waals surface area contributed by atoms with Crippen LogP contribution in [-0.4, -0.2) is 16.2 Å². The molecule has 0 atom stereocenters. The SMILES string of the molecule is CCCCCCCCCCCc1c(O)cccc1C(=O)O. The summed E-state index contributed by atoms with van der Waals surface area (Å²) in [7, 11) is 0. The Morgan fingerprint density at radius 1 is 0.952 bits per heavy atom. The highest BCUT2D eigenvalue weighted by Crippen LogP contribution is 2.23. The van der Waals surface area contributed by atoms with Crippen molar-refractivity contribution in [1.82, 2.24) is 0 Å². The van der Waals surface area contributed by atoms with E-state index in [-0.39, 0.29) is 11.3 Å². The van der Waals surface area contributed by atoms with Gasteiger partial charge in [0.1, 0.15) is 5.75 Å². The molecule has 0 saturated heterocycles. The van der Waals surface area contributed by atoms with E-state index < -0.39 is 5.97 Å². The predicted octanol–water partition coefficient (Wildman–Crippen LogP) is 5.16. The molecule has 0 unspecified atom stereocenters. The Kier molecular flexibility index (Phi) is 8.56. The minimum atomic E-state index is -0.961. The van der Waals surface area contributed by atoms with Crippen LogP contribution < -0.4 is 0 Å². The lowest BCUT2D eigenvalue weighted by Gasteiger charge is -2.08. The Hall–Kier alpha value is -1.51. The van der Waals surface area contributed by atoms with Gasteiger partial charge in [0.05, 0.1) is 5.56 Å². The summed E-state index contributed by atoms with van der Waals surface area (Å²) < 4.78 is 0. The van der Waals surface area contributed by atoms with Gasteiger partial charge in [-0.05, 0) is 25.0 Å². The van der Waals surface area contributed by atoms with E-state index in [9.17, 15) is 9.90 Å². The Labute approximate surface area is 128 Å². The third-order valence-electron chi connectivity index (χ3n) is 3.91. The molecule has 0 aliphatic carbocycles. The van der Waals surface area contributed by atoms with Crippen molar-refractivity contribution in [2.75, 3.05) is 0 Å². The number of carbonyl (C=O) groups is 1. The van der Waals surface area contributed by atoms with Crippen LogP contribution in [0.5, 0.6) is 5.75 Å². The highest BCUT2D eigenvalue weighted by molar-refractivity contribution is 5.90. The second-order valence-electron chi connectivity index (χ2n) is 5.69. The maximum absolute atomic E-state index is 11.1. The second-order valence-corrected chi connectivity index (χ2v) is 5.69. The molecule has 2 N–H and O–H groups in total. The molecule has 0 aromatic heterocycles. The van der Waals surface area contributed by atoms with Crippen LogP contribution in [0.15, 0.2) is 18.2 Å². The Bertz CT molecular complexity index is 426. The molecule has 3 nitrogen and oxygen atoms in total. The Morgan fingerprint density at radius 2 is 1.52 bits per heavy atom. The van der Waals surface area contributed by atoms with Crippen LogP contribution in [-0.2, 0) is 6.42 Å². The van der Waals surface area contributed by atoms with Crippen LogP contribution in [0.2, 0.25) is 0 Å². The van der Waals surface area contributed by atoms with Gasteiger partial charge in [-0.1, -0.05) is 64.4 Å². The van der Waals surface area contributed by atoms with E-state index in [2.05, 4.69) is 6.92 Å². The average molecular weight is 292 g/mol. The second kappa shape index (κ2) is 10.3. The van der Waals surface area contributed by atoms with Crippen molar-refractivity contribution in [1.29, 1.82) is 0 Å². The lowest BCUT2D eigenvalue weighted by molar-refractivity contribution is 0.0695. The largest absolute Gasteiger partial charge is 0.508 e. The van der Waals surface area contributed by atoms with Crippen molar-refractivity contribution in [3.63, 3.8) is 0 Å². The van der Waals surface area contributed by atoms with Crippen LogP contribution in [0.1, 0.15) is 80.6 Å². The summed E-state index contributed by atoms with van der Waals surface area (Å²) in [5, 5.41) is 18.9. The number of benzene rings is 1. The van der Waals surface area contributed by atoms with Crippen molar-refractivity contribution in [3.05, 3.63) is 29.3 Å². The van der Waals surface area contributed by atoms with Gasteiger partial charge in [-0.15, -0.1) is 0 Å². The van der Waals surface area contributed by atoms with E-state index in [4.69, 9.17) is 5.11 Å². The molecule has 0 radical (unpaired) electrons. The summed E-state index contributed by atoms with van der Waals surface area (Å²) in [5.41, 5.74) is 0.808. The highest BCUT2D eigenvalue weighted by Gasteiger charge is 2.12. The number of carboxylic acid groups (broad SMARTS) is 1. The van der Waals surface area contributed by atoms with Gasteiger partial charge in [-0.25, -0.2) is 4.79 Å². The summed E-state index contributed by atoms with van der Waals surface area (Å²) in [6.07, 6.45) is 11.7. The molecular formula is C18H28O3. The first kappa shape index (κ1) is 17.5. The molecule has 0 spiro atoms. The maximum Gasteiger partial charge on any atom is 0.336 e. The first-order valence-corrected chi connectivity index (χ1v) is 8.21. The molecular weight excluding hydrogens is 264 g/mol. The Balaban J connectivity index is 2.23. The van der Waals surface area contributed by atoms with E-state index in [0.29, 0.717) is 12.0 Å². The van der Waals surface area contributed by atoms with E-state index >= 15 is 0 Å². The molecule has 0 fully saturated rings. The summed E-state index contributed by atoms with van der Waals surface area (Å²) in [6, 6.07) is 4.71. The van der Waals surface area contributed by atoms with Crippen LogP contribution in [0, 0.1) is 0 Å². The molecule has 0 saturated carbocycles. The van der Waals surface area contributed by atoms with Crippen LogP contribution in [0.3, 0.4) is 0 Å². The van der Waals surface area contributed by atoms with Gasteiger partial charge in [0.25, 0.3) is 0 Å². The van der Waals surface area contributed by atoms with Crippen molar-refractivity contribution < 1.29 is 15.0 Å². The highest BCUT2D eigenvalue weighted by atomic mass is 16.4. The van der Waals surface area contributed by atoms with Gasteiger partial charge in [-0.3, -0.25) is 0 Å². The molecule has 3 heteroatoms. The number of unbranched alkanes of at least 4 members (excludes halogenated alkanes) is 8. The molecule has 0 bridgehead atoms. The maximum atomic E-state index is 11.1. The number of rotatable bonds is 11. The fraction of sp³-hybridized carbons (Fsp3) is 0.611. The number of carboxylic acids is 1. The summed E-state index contributed by atoms with van der Waals surface area (Å²) >= 11 is 0. The van der Waals surface area contributed by atoms with Gasteiger partial charge < -0.3 is 10.2 Å². The van der Waals surface area contributed by atoms with Crippen LogP contribution >= 0.6 is 0 Å². The minimum absolute atomic E-state index is 0.106. The molecule has 118 valence electrons. The summed E-state index contributed by atoms with van der Waals surface area (Å²) in [4.78, 5) is 11.1. The number of aromatic carboxylic acids is 1. The standard InChI is InChI=1S/C18H28O3/c1-2-3-4-5-6-7-8-9-10-12-15-16(18(20)21)13-11-14-17(15)19/h11,13-14,19H,2-10,12H2,1H3,(H,20,21). The third-order valence-corrected chi connectivity index (χ3v) is 3.91. The van der Waals surface area contributed by atoms with Crippen molar-refractivity contribution in [2.24, 2.45) is 0 Å². The number of phenolic OH excluding ortho intramolecular Hbond substituents is 1. The van der Waals surface area contributed by atoms with Crippen molar-refractivity contribution in [2.45, 2.75) is 71.1 Å². The molecule has 21 heavy (non-hydrogen) atoms. The van der Waals surface area contributed by atoms with Crippen molar-refractivity contribution >= 4 is 5.97 Å². The van der Waals surface area contributed by atoms with Gasteiger partial charge in [-0.2, -0.15) is 0 Å². The number of hydrogen-bond donors (Lipinski definition) is 2. The predicted molar refractivity (Wildman–Crippen MR) is 86.0 cm³/mol. The normalized spacial score (nSPS) is 10.7. The van der Waals surface area contributed by atoms with Gasteiger partial charge in [0.2, 0.25) is 0 Å². The van der Waals surface area contributed by atoms with E-state index in [1.807, 2.05) is 0 Å². The number of aromatic hydroxyl groups is 1. The molecule has 0 heterocycles. The van der Waals surface area contributed by atoms with Gasteiger partial charge in [0.15, 0.2) is 0 Å². The van der Waals surface area contributed by atoms with E-state index in [1.54, 1.807) is 18.2 Å². The zero-order valence-electron chi connectivity index (χ0n) is 13.1.